The molecule has 0 atom stereocenters. The van der Waals surface area contributed by atoms with Crippen molar-refractivity contribution in [3.05, 3.63) is 40.9 Å². The van der Waals surface area contributed by atoms with Crippen LogP contribution in [0.1, 0.15) is 11.4 Å². The number of benzene rings is 1. The number of hydrogen-bond donors (Lipinski definition) is 0. The standard InChI is InChI=1S/C10H10ClN3/c1-7-3-5-9(6-4-7)14-8(2)12-13-10(14)11/h3-6H,1-2H3. The van der Waals surface area contributed by atoms with Gasteiger partial charge < -0.3 is 0 Å². The van der Waals surface area contributed by atoms with E-state index in [1.54, 1.807) is 4.57 Å². The number of nitrogens with zero attached hydrogens (tertiary/aromatic N) is 3. The molecule has 0 fully saturated rings. The third-order valence-corrected chi connectivity index (χ3v) is 2.32. The van der Waals surface area contributed by atoms with Crippen molar-refractivity contribution in [3.63, 3.8) is 0 Å². The molecule has 4 heteroatoms. The molecule has 72 valence electrons. The molecule has 0 aliphatic rings. The third-order valence-electron chi connectivity index (χ3n) is 2.08. The highest BCUT2D eigenvalue weighted by molar-refractivity contribution is 6.28. The van der Waals surface area contributed by atoms with E-state index >= 15 is 0 Å². The maximum Gasteiger partial charge on any atom is 0.229 e. The average molecular weight is 208 g/mol. The van der Waals surface area contributed by atoms with E-state index in [2.05, 4.69) is 10.2 Å². The summed E-state index contributed by atoms with van der Waals surface area (Å²) in [7, 11) is 0. The minimum atomic E-state index is 0.395. The van der Waals surface area contributed by atoms with Crippen molar-refractivity contribution in [2.45, 2.75) is 13.8 Å². The van der Waals surface area contributed by atoms with Crippen molar-refractivity contribution >= 4 is 11.6 Å². The summed E-state index contributed by atoms with van der Waals surface area (Å²) in [6.07, 6.45) is 0. The summed E-state index contributed by atoms with van der Waals surface area (Å²) in [5.74, 6) is 0.791. The van der Waals surface area contributed by atoms with Crippen LogP contribution in [0, 0.1) is 13.8 Å². The molecular formula is C10H10ClN3. The number of halogens is 1. The Morgan fingerprint density at radius 2 is 1.71 bits per heavy atom. The first-order valence-corrected chi connectivity index (χ1v) is 4.71. The van der Waals surface area contributed by atoms with Crippen molar-refractivity contribution in [1.82, 2.24) is 14.8 Å². The molecule has 0 spiro atoms. The predicted molar refractivity (Wildman–Crippen MR) is 55.8 cm³/mol. The number of aromatic nitrogens is 3. The van der Waals surface area contributed by atoms with Gasteiger partial charge >= 0.3 is 0 Å². The molecule has 1 aromatic carbocycles. The van der Waals surface area contributed by atoms with Crippen LogP contribution in [-0.2, 0) is 0 Å². The molecule has 0 saturated heterocycles. The molecule has 2 rings (SSSR count). The second kappa shape index (κ2) is 3.42. The predicted octanol–water partition coefficient (Wildman–Crippen LogP) is 2.54. The topological polar surface area (TPSA) is 30.7 Å². The van der Waals surface area contributed by atoms with E-state index in [1.807, 2.05) is 38.1 Å². The highest BCUT2D eigenvalue weighted by Crippen LogP contribution is 2.16. The van der Waals surface area contributed by atoms with Gasteiger partial charge in [-0.15, -0.1) is 10.2 Å². The van der Waals surface area contributed by atoms with Crippen LogP contribution in [-0.4, -0.2) is 14.8 Å². The van der Waals surface area contributed by atoms with Crippen LogP contribution in [0.3, 0.4) is 0 Å². The van der Waals surface area contributed by atoms with Gasteiger partial charge in [-0.1, -0.05) is 17.7 Å². The molecule has 1 aromatic heterocycles. The fourth-order valence-electron chi connectivity index (χ4n) is 1.32. The van der Waals surface area contributed by atoms with Gasteiger partial charge in [0.15, 0.2) is 0 Å². The zero-order valence-corrected chi connectivity index (χ0v) is 8.78. The summed E-state index contributed by atoms with van der Waals surface area (Å²) < 4.78 is 1.81. The molecule has 0 amide bonds. The van der Waals surface area contributed by atoms with Crippen LogP contribution in [0.15, 0.2) is 24.3 Å². The second-order valence-electron chi connectivity index (χ2n) is 3.19. The molecule has 14 heavy (non-hydrogen) atoms. The fraction of sp³-hybridized carbons (Fsp3) is 0.200. The molecule has 0 bridgehead atoms. The fourth-order valence-corrected chi connectivity index (χ4v) is 1.58. The van der Waals surface area contributed by atoms with E-state index in [4.69, 9.17) is 11.6 Å². The van der Waals surface area contributed by atoms with Crippen molar-refractivity contribution in [3.8, 4) is 5.69 Å². The highest BCUT2D eigenvalue weighted by Gasteiger charge is 2.07. The van der Waals surface area contributed by atoms with Gasteiger partial charge in [-0.25, -0.2) is 0 Å². The van der Waals surface area contributed by atoms with Crippen molar-refractivity contribution in [2.75, 3.05) is 0 Å². The Kier molecular flexibility index (Phi) is 2.25. The Balaban J connectivity index is 2.54. The molecule has 0 radical (unpaired) electrons. The summed E-state index contributed by atoms with van der Waals surface area (Å²) >= 11 is 5.91. The van der Waals surface area contributed by atoms with Gasteiger partial charge in [-0.05, 0) is 37.6 Å². The molecule has 1 heterocycles. The summed E-state index contributed by atoms with van der Waals surface area (Å²) in [5.41, 5.74) is 2.21. The Morgan fingerprint density at radius 3 is 2.21 bits per heavy atom. The quantitative estimate of drug-likeness (QED) is 0.720. The van der Waals surface area contributed by atoms with Crippen molar-refractivity contribution in [2.24, 2.45) is 0 Å². The Labute approximate surface area is 87.3 Å². The molecule has 0 aliphatic heterocycles. The molecule has 0 N–H and O–H groups in total. The lowest BCUT2D eigenvalue weighted by atomic mass is 10.2. The van der Waals surface area contributed by atoms with Crippen LogP contribution >= 0.6 is 11.6 Å². The smallest absolute Gasteiger partial charge is 0.229 e. The van der Waals surface area contributed by atoms with Gasteiger partial charge in [0.05, 0.1) is 0 Å². The zero-order valence-electron chi connectivity index (χ0n) is 8.03. The van der Waals surface area contributed by atoms with Gasteiger partial charge in [-0.3, -0.25) is 4.57 Å². The third kappa shape index (κ3) is 1.51. The Bertz CT molecular complexity index is 425. The second-order valence-corrected chi connectivity index (χ2v) is 3.53. The van der Waals surface area contributed by atoms with E-state index in [0.717, 1.165) is 11.5 Å². The maximum atomic E-state index is 5.91. The lowest BCUT2D eigenvalue weighted by Gasteiger charge is -2.04. The van der Waals surface area contributed by atoms with E-state index < -0.39 is 0 Å². The van der Waals surface area contributed by atoms with E-state index in [1.165, 1.54) is 5.56 Å². The van der Waals surface area contributed by atoms with Crippen LogP contribution < -0.4 is 0 Å². The average Bonchev–Trinajstić information content (AvgIpc) is 2.49. The molecule has 2 aromatic rings. The van der Waals surface area contributed by atoms with Crippen LogP contribution in [0.25, 0.3) is 5.69 Å². The Hall–Kier alpha value is -1.35. The minimum Gasteiger partial charge on any atom is -0.270 e. The number of aryl methyl sites for hydroxylation is 2. The van der Waals surface area contributed by atoms with Gasteiger partial charge in [0.2, 0.25) is 5.28 Å². The van der Waals surface area contributed by atoms with Gasteiger partial charge in [-0.2, -0.15) is 0 Å². The highest BCUT2D eigenvalue weighted by atomic mass is 35.5. The summed E-state index contributed by atoms with van der Waals surface area (Å²) in [4.78, 5) is 0. The largest absolute Gasteiger partial charge is 0.270 e. The normalized spacial score (nSPS) is 10.5. The first-order valence-electron chi connectivity index (χ1n) is 4.33. The minimum absolute atomic E-state index is 0.395. The molecule has 0 unspecified atom stereocenters. The van der Waals surface area contributed by atoms with Gasteiger partial charge in [0.25, 0.3) is 0 Å². The monoisotopic (exact) mass is 207 g/mol. The van der Waals surface area contributed by atoms with Gasteiger partial charge in [0, 0.05) is 5.69 Å². The van der Waals surface area contributed by atoms with E-state index in [0.29, 0.717) is 5.28 Å². The van der Waals surface area contributed by atoms with Crippen LogP contribution in [0.5, 0.6) is 0 Å². The molecule has 3 nitrogen and oxygen atoms in total. The SMILES string of the molecule is Cc1ccc(-n2c(C)nnc2Cl)cc1. The summed E-state index contributed by atoms with van der Waals surface area (Å²) in [6.45, 7) is 3.92. The maximum absolute atomic E-state index is 5.91. The lowest BCUT2D eigenvalue weighted by Crippen LogP contribution is -1.96. The van der Waals surface area contributed by atoms with E-state index in [9.17, 15) is 0 Å². The lowest BCUT2D eigenvalue weighted by molar-refractivity contribution is 0.969. The van der Waals surface area contributed by atoms with Crippen LogP contribution in [0.2, 0.25) is 5.28 Å². The van der Waals surface area contributed by atoms with Gasteiger partial charge in [0.1, 0.15) is 5.82 Å². The number of hydrogen-bond acceptors (Lipinski definition) is 2. The van der Waals surface area contributed by atoms with Crippen LogP contribution in [0.4, 0.5) is 0 Å². The Morgan fingerprint density at radius 1 is 1.07 bits per heavy atom. The van der Waals surface area contributed by atoms with E-state index in [-0.39, 0.29) is 0 Å². The van der Waals surface area contributed by atoms with Crippen molar-refractivity contribution in [1.29, 1.82) is 0 Å². The zero-order chi connectivity index (χ0) is 10.1. The first kappa shape index (κ1) is 9.21. The van der Waals surface area contributed by atoms with Crippen molar-refractivity contribution < 1.29 is 0 Å². The number of rotatable bonds is 1. The summed E-state index contributed by atoms with van der Waals surface area (Å²) in [6, 6.07) is 8.06. The first-order chi connectivity index (χ1) is 6.68. The molecular weight excluding hydrogens is 198 g/mol. The molecule has 0 aliphatic carbocycles. The molecule has 0 saturated carbocycles. The summed E-state index contributed by atoms with van der Waals surface area (Å²) in [5, 5.41) is 8.08.